The number of aromatic nitrogens is 1. The highest BCUT2D eigenvalue weighted by atomic mass is 32.2. The predicted octanol–water partition coefficient (Wildman–Crippen LogP) is 4.45. The first-order valence-electron chi connectivity index (χ1n) is 14.3. The number of aliphatic hydroxyl groups is 1. The lowest BCUT2D eigenvalue weighted by molar-refractivity contribution is 0.0174. The number of fused-ring (bicyclic) bond motifs is 1. The number of carbonyl (C=O) groups is 1. The molecule has 0 bridgehead atoms. The summed E-state index contributed by atoms with van der Waals surface area (Å²) in [4.78, 5) is 20.7. The standard InChI is InChI=1S/C30H43N3O5S/c1-5-38-25-11-7-21(8-12-25)17-33-18-24-15-23(16-31-28(24)29(33)20(3)4)30(35)32-27(19-34)22-9-13-26(14-10-22)39(36,37)6-2/h9-10,13-16,20-21,25,27,29,34H,5-8,11-12,17-19H2,1-4H3,(H,32,35)/t21?,25?,27-,29-/m0/s1. The second kappa shape index (κ2) is 12.9. The monoisotopic (exact) mass is 557 g/mol. The summed E-state index contributed by atoms with van der Waals surface area (Å²) in [5.41, 5.74) is 3.23. The van der Waals surface area contributed by atoms with Gasteiger partial charge in [-0.25, -0.2) is 8.42 Å². The van der Waals surface area contributed by atoms with Crippen molar-refractivity contribution in [2.24, 2.45) is 11.8 Å². The van der Waals surface area contributed by atoms with Gasteiger partial charge in [-0.3, -0.25) is 14.7 Å². The van der Waals surface area contributed by atoms with Gasteiger partial charge in [0, 0.05) is 25.9 Å². The van der Waals surface area contributed by atoms with Gasteiger partial charge in [-0.1, -0.05) is 32.9 Å². The Morgan fingerprint density at radius 2 is 1.85 bits per heavy atom. The predicted molar refractivity (Wildman–Crippen MR) is 151 cm³/mol. The lowest BCUT2D eigenvalue weighted by atomic mass is 9.86. The fourth-order valence-electron chi connectivity index (χ4n) is 6.04. The zero-order valence-electron chi connectivity index (χ0n) is 23.6. The van der Waals surface area contributed by atoms with Crippen LogP contribution in [0, 0.1) is 11.8 Å². The molecule has 214 valence electrons. The van der Waals surface area contributed by atoms with Gasteiger partial charge in [0.15, 0.2) is 9.84 Å². The zero-order chi connectivity index (χ0) is 28.2. The molecule has 0 unspecified atom stereocenters. The molecule has 1 aliphatic heterocycles. The van der Waals surface area contributed by atoms with Crippen LogP contribution in [0.4, 0.5) is 0 Å². The number of ether oxygens (including phenoxy) is 1. The van der Waals surface area contributed by atoms with Gasteiger partial charge in [-0.15, -0.1) is 0 Å². The van der Waals surface area contributed by atoms with Crippen LogP contribution in [0.1, 0.15) is 92.6 Å². The lowest BCUT2D eigenvalue weighted by Crippen LogP contribution is -2.34. The van der Waals surface area contributed by atoms with Crippen molar-refractivity contribution < 1.29 is 23.1 Å². The van der Waals surface area contributed by atoms with E-state index in [1.165, 1.54) is 25.0 Å². The largest absolute Gasteiger partial charge is 0.394 e. The molecule has 8 nitrogen and oxygen atoms in total. The quantitative estimate of drug-likeness (QED) is 0.420. The first kappa shape index (κ1) is 29.6. The number of rotatable bonds is 11. The van der Waals surface area contributed by atoms with E-state index < -0.39 is 15.9 Å². The summed E-state index contributed by atoms with van der Waals surface area (Å²) in [7, 11) is -3.32. The molecule has 0 spiro atoms. The smallest absolute Gasteiger partial charge is 0.253 e. The molecule has 2 aromatic rings. The first-order valence-corrected chi connectivity index (χ1v) is 15.9. The Morgan fingerprint density at radius 1 is 1.15 bits per heavy atom. The van der Waals surface area contributed by atoms with Gasteiger partial charge in [0.1, 0.15) is 0 Å². The molecular formula is C30H43N3O5S. The van der Waals surface area contributed by atoms with Crippen molar-refractivity contribution in [1.82, 2.24) is 15.2 Å². The van der Waals surface area contributed by atoms with Crippen LogP contribution in [-0.2, 0) is 21.1 Å². The van der Waals surface area contributed by atoms with Gasteiger partial charge < -0.3 is 15.2 Å². The Balaban J connectivity index is 1.44. The highest BCUT2D eigenvalue weighted by molar-refractivity contribution is 7.91. The third-order valence-electron chi connectivity index (χ3n) is 8.14. The molecule has 1 aromatic carbocycles. The summed E-state index contributed by atoms with van der Waals surface area (Å²) in [6.45, 7) is 10.4. The second-order valence-electron chi connectivity index (χ2n) is 11.2. The fraction of sp³-hybridized carbons (Fsp3) is 0.600. The second-order valence-corrected chi connectivity index (χ2v) is 13.4. The molecule has 1 amide bonds. The number of nitrogens with zero attached hydrogens (tertiary/aromatic N) is 2. The van der Waals surface area contributed by atoms with Gasteiger partial charge in [0.05, 0.1) is 46.7 Å². The molecule has 1 aromatic heterocycles. The average Bonchev–Trinajstić information content (AvgIpc) is 3.30. The van der Waals surface area contributed by atoms with E-state index in [0.717, 1.165) is 43.8 Å². The molecule has 1 aliphatic carbocycles. The van der Waals surface area contributed by atoms with Gasteiger partial charge in [-0.2, -0.15) is 0 Å². The molecule has 2 atom stereocenters. The van der Waals surface area contributed by atoms with Gasteiger partial charge in [0.25, 0.3) is 5.91 Å². The molecule has 2 N–H and O–H groups in total. The van der Waals surface area contributed by atoms with Gasteiger partial charge >= 0.3 is 0 Å². The fourth-order valence-corrected chi connectivity index (χ4v) is 6.93. The first-order chi connectivity index (χ1) is 18.7. The zero-order valence-corrected chi connectivity index (χ0v) is 24.4. The Bertz CT molecular complexity index is 1220. The van der Waals surface area contributed by atoms with Crippen LogP contribution in [0.25, 0.3) is 0 Å². The van der Waals surface area contributed by atoms with Crippen LogP contribution in [-0.4, -0.2) is 60.9 Å². The minimum Gasteiger partial charge on any atom is -0.394 e. The number of hydrogen-bond acceptors (Lipinski definition) is 7. The van der Waals surface area contributed by atoms with Crippen LogP contribution in [0.15, 0.2) is 41.4 Å². The van der Waals surface area contributed by atoms with E-state index >= 15 is 0 Å². The van der Waals surface area contributed by atoms with E-state index in [-0.39, 0.29) is 29.2 Å². The van der Waals surface area contributed by atoms with E-state index in [0.29, 0.717) is 29.1 Å². The van der Waals surface area contributed by atoms with Gasteiger partial charge in [0.2, 0.25) is 0 Å². The molecule has 0 saturated heterocycles. The summed E-state index contributed by atoms with van der Waals surface area (Å²) >= 11 is 0. The van der Waals surface area contributed by atoms with Crippen molar-refractivity contribution in [3.63, 3.8) is 0 Å². The summed E-state index contributed by atoms with van der Waals surface area (Å²) in [5.74, 6) is 0.742. The van der Waals surface area contributed by atoms with Crippen molar-refractivity contribution in [2.45, 2.75) is 83.0 Å². The molecule has 1 saturated carbocycles. The Morgan fingerprint density at radius 3 is 2.44 bits per heavy atom. The number of aliphatic hydroxyl groups excluding tert-OH is 1. The number of nitrogens with one attached hydrogen (secondary N) is 1. The number of amides is 1. The van der Waals surface area contributed by atoms with Crippen LogP contribution >= 0.6 is 0 Å². The minimum atomic E-state index is -3.32. The van der Waals surface area contributed by atoms with E-state index in [9.17, 15) is 18.3 Å². The van der Waals surface area contributed by atoms with Crippen LogP contribution < -0.4 is 5.32 Å². The summed E-state index contributed by atoms with van der Waals surface area (Å²) in [6, 6.07) is 7.81. The molecule has 9 heteroatoms. The van der Waals surface area contributed by atoms with Crippen molar-refractivity contribution in [3.05, 3.63) is 58.9 Å². The molecule has 4 rings (SSSR count). The Hall–Kier alpha value is -2.33. The molecule has 1 fully saturated rings. The van der Waals surface area contributed by atoms with E-state index in [1.807, 2.05) is 6.07 Å². The number of carbonyl (C=O) groups excluding carboxylic acids is 1. The van der Waals surface area contributed by atoms with E-state index in [4.69, 9.17) is 9.72 Å². The SMILES string of the molecule is CCOC1CCC(CN2Cc3cc(C(=O)N[C@@H](CO)c4ccc(S(=O)(=O)CC)cc4)cnc3[C@@H]2C(C)C)CC1. The van der Waals surface area contributed by atoms with E-state index in [1.54, 1.807) is 25.3 Å². The third-order valence-corrected chi connectivity index (χ3v) is 9.89. The Labute approximate surface area is 233 Å². The maximum Gasteiger partial charge on any atom is 0.253 e. The number of hydrogen-bond donors (Lipinski definition) is 2. The number of sulfone groups is 1. The van der Waals surface area contributed by atoms with E-state index in [2.05, 4.69) is 31.0 Å². The van der Waals surface area contributed by atoms with Crippen LogP contribution in [0.2, 0.25) is 0 Å². The van der Waals surface area contributed by atoms with Gasteiger partial charge in [-0.05, 0) is 73.8 Å². The summed E-state index contributed by atoms with van der Waals surface area (Å²) in [6.07, 6.45) is 6.63. The normalized spacial score (nSPS) is 22.6. The number of pyridine rings is 1. The summed E-state index contributed by atoms with van der Waals surface area (Å²) < 4.78 is 30.1. The van der Waals surface area contributed by atoms with Crippen molar-refractivity contribution in [1.29, 1.82) is 0 Å². The number of benzene rings is 1. The minimum absolute atomic E-state index is 0.0158. The average molecular weight is 558 g/mol. The third kappa shape index (κ3) is 6.88. The Kier molecular flexibility index (Phi) is 9.80. The van der Waals surface area contributed by atoms with Crippen molar-refractivity contribution in [2.75, 3.05) is 25.5 Å². The maximum atomic E-state index is 13.2. The molecule has 0 radical (unpaired) electrons. The summed E-state index contributed by atoms with van der Waals surface area (Å²) in [5, 5.41) is 12.9. The van der Waals surface area contributed by atoms with Crippen LogP contribution in [0.5, 0.6) is 0 Å². The topological polar surface area (TPSA) is 109 Å². The molecule has 2 heterocycles. The molecular weight excluding hydrogens is 514 g/mol. The molecule has 2 aliphatic rings. The van der Waals surface area contributed by atoms with Crippen LogP contribution in [0.3, 0.4) is 0 Å². The van der Waals surface area contributed by atoms with Crippen molar-refractivity contribution >= 4 is 15.7 Å². The highest BCUT2D eigenvalue weighted by Crippen LogP contribution is 2.39. The van der Waals surface area contributed by atoms with Crippen molar-refractivity contribution in [3.8, 4) is 0 Å². The lowest BCUT2D eigenvalue weighted by Gasteiger charge is -2.34. The maximum absolute atomic E-state index is 13.2. The highest BCUT2D eigenvalue weighted by Gasteiger charge is 2.36. The molecule has 39 heavy (non-hydrogen) atoms.